The van der Waals surface area contributed by atoms with Gasteiger partial charge in [0.25, 0.3) is 0 Å². The van der Waals surface area contributed by atoms with E-state index < -0.39 is 6.04 Å². The second kappa shape index (κ2) is 14.8. The van der Waals surface area contributed by atoms with Crippen LogP contribution < -0.4 is 5.32 Å². The minimum atomic E-state index is -0.686. The molecular formula is C29H31BrCl2N2O2S. The van der Waals surface area contributed by atoms with Crippen LogP contribution in [0.3, 0.4) is 0 Å². The van der Waals surface area contributed by atoms with Crippen molar-refractivity contribution in [1.82, 2.24) is 10.2 Å². The molecule has 4 nitrogen and oxygen atoms in total. The molecule has 0 saturated heterocycles. The van der Waals surface area contributed by atoms with Crippen molar-refractivity contribution in [3.8, 4) is 0 Å². The first-order valence-corrected chi connectivity index (χ1v) is 14.8. The molecule has 0 bridgehead atoms. The van der Waals surface area contributed by atoms with Gasteiger partial charge in [0, 0.05) is 39.8 Å². The summed E-state index contributed by atoms with van der Waals surface area (Å²) in [5, 5.41) is 4.02. The first kappa shape index (κ1) is 29.6. The number of carbonyl (C=O) groups excluding carboxylic acids is 2. The topological polar surface area (TPSA) is 49.4 Å². The smallest absolute Gasteiger partial charge is 0.243 e. The number of nitrogens with one attached hydrogen (secondary N) is 1. The quantitative estimate of drug-likeness (QED) is 0.229. The Bertz CT molecular complexity index is 1180. The van der Waals surface area contributed by atoms with Crippen LogP contribution in [-0.4, -0.2) is 35.1 Å². The molecule has 1 atom stereocenters. The van der Waals surface area contributed by atoms with Gasteiger partial charge in [-0.3, -0.25) is 9.59 Å². The summed E-state index contributed by atoms with van der Waals surface area (Å²) in [5.41, 5.74) is 2.85. The molecule has 3 aromatic carbocycles. The van der Waals surface area contributed by atoms with Gasteiger partial charge in [0.05, 0.1) is 5.75 Å². The number of carbonyl (C=O) groups is 2. The lowest BCUT2D eigenvalue weighted by molar-refractivity contribution is -0.139. The van der Waals surface area contributed by atoms with Gasteiger partial charge in [0.1, 0.15) is 6.04 Å². The van der Waals surface area contributed by atoms with E-state index in [1.54, 1.807) is 17.0 Å². The van der Waals surface area contributed by atoms with E-state index in [2.05, 4.69) is 21.2 Å². The number of hydrogen-bond acceptors (Lipinski definition) is 3. The van der Waals surface area contributed by atoms with Crippen LogP contribution in [0.2, 0.25) is 10.0 Å². The van der Waals surface area contributed by atoms with Gasteiger partial charge in [-0.1, -0.05) is 102 Å². The highest BCUT2D eigenvalue weighted by molar-refractivity contribution is 9.10. The van der Waals surface area contributed by atoms with Gasteiger partial charge in [-0.2, -0.15) is 0 Å². The maximum atomic E-state index is 13.7. The normalized spacial score (nSPS) is 11.8. The number of benzene rings is 3. The van der Waals surface area contributed by atoms with Crippen molar-refractivity contribution in [3.05, 3.63) is 104 Å². The van der Waals surface area contributed by atoms with Crippen LogP contribution in [0.1, 0.15) is 30.5 Å². The summed E-state index contributed by atoms with van der Waals surface area (Å²) < 4.78 is 1.01. The molecule has 37 heavy (non-hydrogen) atoms. The molecule has 0 spiro atoms. The van der Waals surface area contributed by atoms with E-state index in [-0.39, 0.29) is 30.0 Å². The van der Waals surface area contributed by atoms with Crippen LogP contribution >= 0.6 is 50.9 Å². The van der Waals surface area contributed by atoms with Gasteiger partial charge < -0.3 is 10.2 Å². The third-order valence-electron chi connectivity index (χ3n) is 5.72. The molecule has 3 rings (SSSR count). The van der Waals surface area contributed by atoms with Crippen molar-refractivity contribution in [3.63, 3.8) is 0 Å². The summed E-state index contributed by atoms with van der Waals surface area (Å²) in [4.78, 5) is 28.8. The summed E-state index contributed by atoms with van der Waals surface area (Å²) in [7, 11) is 0. The maximum Gasteiger partial charge on any atom is 0.243 e. The van der Waals surface area contributed by atoms with E-state index in [1.165, 1.54) is 11.8 Å². The molecule has 1 unspecified atom stereocenters. The fourth-order valence-corrected chi connectivity index (χ4v) is 5.33. The Balaban J connectivity index is 1.86. The predicted octanol–water partition coefficient (Wildman–Crippen LogP) is 7.40. The van der Waals surface area contributed by atoms with Crippen LogP contribution in [0.4, 0.5) is 0 Å². The van der Waals surface area contributed by atoms with Crippen molar-refractivity contribution < 1.29 is 9.59 Å². The number of amides is 2. The lowest BCUT2D eigenvalue weighted by atomic mass is 10.0. The third-order valence-corrected chi connectivity index (χ3v) is 7.82. The van der Waals surface area contributed by atoms with Gasteiger partial charge in [-0.05, 0) is 46.9 Å². The van der Waals surface area contributed by atoms with Crippen LogP contribution in [0, 0.1) is 5.92 Å². The Kier molecular flexibility index (Phi) is 11.8. The third kappa shape index (κ3) is 9.68. The summed E-state index contributed by atoms with van der Waals surface area (Å²) in [6.45, 7) is 4.83. The molecule has 0 fully saturated rings. The minimum absolute atomic E-state index is 0.117. The molecule has 0 saturated carbocycles. The van der Waals surface area contributed by atoms with Crippen molar-refractivity contribution in [2.45, 2.75) is 38.6 Å². The van der Waals surface area contributed by atoms with Gasteiger partial charge in [-0.25, -0.2) is 0 Å². The highest BCUT2D eigenvalue weighted by Crippen LogP contribution is 2.25. The molecule has 3 aromatic rings. The van der Waals surface area contributed by atoms with E-state index in [1.807, 2.05) is 74.5 Å². The van der Waals surface area contributed by atoms with E-state index in [0.29, 0.717) is 28.8 Å². The fourth-order valence-electron chi connectivity index (χ4n) is 3.73. The maximum absolute atomic E-state index is 13.7. The molecule has 0 aliphatic heterocycles. The summed E-state index contributed by atoms with van der Waals surface area (Å²) in [6.07, 6.45) is 0.402. The van der Waals surface area contributed by atoms with Gasteiger partial charge >= 0.3 is 0 Å². The highest BCUT2D eigenvalue weighted by atomic mass is 79.9. The average Bonchev–Trinajstić information content (AvgIpc) is 2.87. The Morgan fingerprint density at radius 2 is 1.68 bits per heavy atom. The zero-order valence-corrected chi connectivity index (χ0v) is 24.8. The Labute approximate surface area is 242 Å². The Hall–Kier alpha value is -1.99. The Morgan fingerprint density at radius 1 is 0.973 bits per heavy atom. The van der Waals surface area contributed by atoms with Gasteiger partial charge in [0.15, 0.2) is 0 Å². The summed E-state index contributed by atoms with van der Waals surface area (Å²) >= 11 is 17.6. The number of thioether (sulfide) groups is 1. The van der Waals surface area contributed by atoms with Crippen molar-refractivity contribution in [2.24, 2.45) is 5.92 Å². The minimum Gasteiger partial charge on any atom is -0.354 e. The largest absolute Gasteiger partial charge is 0.354 e. The van der Waals surface area contributed by atoms with E-state index >= 15 is 0 Å². The predicted molar refractivity (Wildman–Crippen MR) is 159 cm³/mol. The summed E-state index contributed by atoms with van der Waals surface area (Å²) in [6, 6.07) is 22.3. The number of halogens is 3. The lowest BCUT2D eigenvalue weighted by Crippen LogP contribution is -2.51. The highest BCUT2D eigenvalue weighted by Gasteiger charge is 2.30. The lowest BCUT2D eigenvalue weighted by Gasteiger charge is -2.32. The van der Waals surface area contributed by atoms with E-state index in [9.17, 15) is 9.59 Å². The van der Waals surface area contributed by atoms with Crippen LogP contribution in [0.5, 0.6) is 0 Å². The average molecular weight is 622 g/mol. The second-order valence-corrected chi connectivity index (χ2v) is 12.0. The van der Waals surface area contributed by atoms with Gasteiger partial charge in [0.2, 0.25) is 11.8 Å². The molecule has 0 radical (unpaired) electrons. The fraction of sp³-hybridized carbons (Fsp3) is 0.310. The monoisotopic (exact) mass is 620 g/mol. The number of hydrogen-bond donors (Lipinski definition) is 1. The van der Waals surface area contributed by atoms with E-state index in [4.69, 9.17) is 23.2 Å². The SMILES string of the molecule is CC(C)CNC(=O)C(Cc1ccccc1)N(Cc1ccc(Cl)cc1Cl)C(=O)CSCc1ccc(Br)cc1. The molecule has 1 N–H and O–H groups in total. The van der Waals surface area contributed by atoms with E-state index in [0.717, 1.165) is 21.2 Å². The molecule has 0 heterocycles. The van der Waals surface area contributed by atoms with Crippen molar-refractivity contribution in [1.29, 1.82) is 0 Å². The molecule has 8 heteroatoms. The molecule has 2 amide bonds. The first-order chi connectivity index (χ1) is 17.7. The van der Waals surface area contributed by atoms with Crippen LogP contribution in [0.25, 0.3) is 0 Å². The zero-order chi connectivity index (χ0) is 26.8. The zero-order valence-electron chi connectivity index (χ0n) is 20.9. The first-order valence-electron chi connectivity index (χ1n) is 12.1. The second-order valence-electron chi connectivity index (χ2n) is 9.22. The molecule has 0 aliphatic carbocycles. The van der Waals surface area contributed by atoms with Crippen molar-refractivity contribution in [2.75, 3.05) is 12.3 Å². The molecular weight excluding hydrogens is 591 g/mol. The van der Waals surface area contributed by atoms with Crippen LogP contribution in [0.15, 0.2) is 77.3 Å². The molecule has 0 aromatic heterocycles. The Morgan fingerprint density at radius 3 is 2.32 bits per heavy atom. The van der Waals surface area contributed by atoms with Gasteiger partial charge in [-0.15, -0.1) is 11.8 Å². The number of rotatable bonds is 12. The van der Waals surface area contributed by atoms with Crippen molar-refractivity contribution >= 4 is 62.7 Å². The molecule has 0 aliphatic rings. The summed E-state index contributed by atoms with van der Waals surface area (Å²) in [5.74, 6) is 0.932. The number of nitrogens with zero attached hydrogens (tertiary/aromatic N) is 1. The molecule has 196 valence electrons. The standard InChI is InChI=1S/C29H31BrCl2N2O2S/c1-20(2)16-33-29(36)27(14-21-6-4-3-5-7-21)34(17-23-10-13-25(31)15-26(23)32)28(35)19-37-18-22-8-11-24(30)12-9-22/h3-13,15,20,27H,14,16-19H2,1-2H3,(H,33,36). The van der Waals surface area contributed by atoms with Crippen LogP contribution in [-0.2, 0) is 28.3 Å².